The van der Waals surface area contributed by atoms with Gasteiger partial charge in [0.05, 0.1) is 38.3 Å². The van der Waals surface area contributed by atoms with E-state index in [-0.39, 0.29) is 12.1 Å². The molecule has 0 amide bonds. The first-order valence-electron chi connectivity index (χ1n) is 19.5. The predicted octanol–water partition coefficient (Wildman–Crippen LogP) is 13.9. The van der Waals surface area contributed by atoms with E-state index in [0.717, 1.165) is 61.7 Å². The van der Waals surface area contributed by atoms with Crippen LogP contribution < -0.4 is 0 Å². The Hall–Kier alpha value is -5.98. The third-order valence-corrected chi connectivity index (χ3v) is 13.1. The topological polar surface area (TPSA) is 35.6 Å². The number of fused-ring (bicyclic) bond motifs is 7. The van der Waals surface area contributed by atoms with Crippen LogP contribution in [0, 0.1) is 0 Å². The summed E-state index contributed by atoms with van der Waals surface area (Å²) in [6.45, 7) is 23.9. The lowest BCUT2D eigenvalue weighted by molar-refractivity contribution is 0.637. The van der Waals surface area contributed by atoms with Gasteiger partial charge in [-0.3, -0.25) is 0 Å². The maximum absolute atomic E-state index is 5.52. The summed E-state index contributed by atoms with van der Waals surface area (Å²) in [4.78, 5) is 10.8. The van der Waals surface area contributed by atoms with Crippen molar-refractivity contribution < 1.29 is 0 Å². The molecule has 0 aliphatic carbocycles. The number of rotatable bonds is 8. The van der Waals surface area contributed by atoms with E-state index < -0.39 is 0 Å². The monoisotopic (exact) mass is 744 g/mol. The number of hydrogen-bond donors (Lipinski definition) is 0. The Morgan fingerprint density at radius 2 is 1.46 bits per heavy atom. The zero-order valence-electron chi connectivity index (χ0n) is 33.2. The summed E-state index contributed by atoms with van der Waals surface area (Å²) in [5.41, 5.74) is 15.8. The van der Waals surface area contributed by atoms with Crippen molar-refractivity contribution in [3.8, 4) is 0 Å². The fourth-order valence-corrected chi connectivity index (χ4v) is 10.5. The number of hydrogen-bond acceptors (Lipinski definition) is 3. The molecule has 0 bridgehead atoms. The van der Waals surface area contributed by atoms with Gasteiger partial charge in [0.2, 0.25) is 6.71 Å². The average Bonchev–Trinajstić information content (AvgIpc) is 3.93. The summed E-state index contributed by atoms with van der Waals surface area (Å²) in [5, 5.41) is 3.67. The Morgan fingerprint density at radius 3 is 2.14 bits per heavy atom. The number of nitrogens with zero attached hydrogens (tertiary/aromatic N) is 4. The first-order valence-corrected chi connectivity index (χ1v) is 20.3. The van der Waals surface area contributed by atoms with Crippen LogP contribution in [0.3, 0.4) is 0 Å². The van der Waals surface area contributed by atoms with Gasteiger partial charge in [-0.25, -0.2) is 9.97 Å². The minimum atomic E-state index is -0.203. The van der Waals surface area contributed by atoms with Crippen LogP contribution in [-0.2, 0) is 5.41 Å². The molecule has 0 saturated carbocycles. The van der Waals surface area contributed by atoms with Gasteiger partial charge in [0.25, 0.3) is 0 Å². The molecule has 0 saturated heterocycles. The maximum atomic E-state index is 5.52. The summed E-state index contributed by atoms with van der Waals surface area (Å²) >= 11 is 1.90. The van der Waals surface area contributed by atoms with Gasteiger partial charge in [-0.2, -0.15) is 0 Å². The molecular weight excluding hydrogens is 699 g/mol. The van der Waals surface area contributed by atoms with Crippen molar-refractivity contribution >= 4 is 107 Å². The van der Waals surface area contributed by atoms with Crippen molar-refractivity contribution in [3.05, 3.63) is 155 Å². The zero-order valence-corrected chi connectivity index (χ0v) is 34.1. The molecule has 3 aromatic carbocycles. The van der Waals surface area contributed by atoms with Crippen LogP contribution in [0.2, 0.25) is 6.82 Å². The lowest BCUT2D eigenvalue weighted by Gasteiger charge is -2.35. The molecule has 0 N–H and O–H groups in total. The SMILES string of the molecule is C=Cc1c(C=C)c(/C=C\C)n(/C(C)=C/C(=C\C)c2nc(C3=CC4=C(B3C)n3c5c(cccc5c5sc6ccccc6c53)C4(C)C)nc3ccccc23)c1/C=C\C. The molecule has 56 heavy (non-hydrogen) atoms. The van der Waals surface area contributed by atoms with Gasteiger partial charge in [-0.1, -0.05) is 125 Å². The number of thiophene rings is 1. The van der Waals surface area contributed by atoms with Gasteiger partial charge in [-0.05, 0) is 85.8 Å². The van der Waals surface area contributed by atoms with E-state index in [1.54, 1.807) is 0 Å². The van der Waals surface area contributed by atoms with E-state index in [1.807, 2.05) is 37.3 Å². The number of benzene rings is 3. The molecule has 9 rings (SSSR count). The van der Waals surface area contributed by atoms with Crippen LogP contribution in [0.4, 0.5) is 0 Å². The predicted molar refractivity (Wildman–Crippen MR) is 248 cm³/mol. The van der Waals surface area contributed by atoms with Gasteiger partial charge in [-0.15, -0.1) is 11.3 Å². The summed E-state index contributed by atoms with van der Waals surface area (Å²) in [5.74, 6) is 0.772. The van der Waals surface area contributed by atoms with E-state index in [0.29, 0.717) is 0 Å². The summed E-state index contributed by atoms with van der Waals surface area (Å²) in [6, 6.07) is 24.1. The molecule has 0 radical (unpaired) electrons. The molecule has 2 aliphatic heterocycles. The Bertz CT molecular complexity index is 3000. The van der Waals surface area contributed by atoms with Crippen molar-refractivity contribution in [2.75, 3.05) is 0 Å². The minimum Gasteiger partial charge on any atom is -0.319 e. The highest BCUT2D eigenvalue weighted by Crippen LogP contribution is 2.54. The van der Waals surface area contributed by atoms with Crippen LogP contribution in [0.1, 0.15) is 81.1 Å². The third-order valence-electron chi connectivity index (χ3n) is 11.9. The largest absolute Gasteiger partial charge is 0.319 e. The molecular formula is C50H45BN4S. The first kappa shape index (κ1) is 35.7. The van der Waals surface area contributed by atoms with Crippen LogP contribution in [0.15, 0.2) is 116 Å². The molecule has 0 fully saturated rings. The number of aromatic nitrogens is 4. The molecule has 2 aliphatic rings. The molecule has 0 unspecified atom stereocenters. The molecule has 0 spiro atoms. The zero-order chi connectivity index (χ0) is 39.0. The van der Waals surface area contributed by atoms with Gasteiger partial charge >= 0.3 is 0 Å². The second-order valence-electron chi connectivity index (χ2n) is 15.3. The number of para-hydroxylation sites is 2. The smallest absolute Gasteiger partial charge is 0.233 e. The lowest BCUT2D eigenvalue weighted by atomic mass is 9.44. The van der Waals surface area contributed by atoms with E-state index in [2.05, 4.69) is 166 Å². The van der Waals surface area contributed by atoms with Crippen molar-refractivity contribution in [2.45, 2.75) is 53.8 Å². The molecule has 4 nitrogen and oxygen atoms in total. The van der Waals surface area contributed by atoms with Gasteiger partial charge in [0.15, 0.2) is 0 Å². The summed E-state index contributed by atoms with van der Waals surface area (Å²) < 4.78 is 7.57. The van der Waals surface area contributed by atoms with Gasteiger partial charge in [0.1, 0.15) is 5.82 Å². The summed E-state index contributed by atoms with van der Waals surface area (Å²) in [7, 11) is 0. The highest BCUT2D eigenvalue weighted by atomic mass is 32.1. The average molecular weight is 745 g/mol. The molecule has 7 aromatic rings. The highest BCUT2D eigenvalue weighted by molar-refractivity contribution is 7.26. The van der Waals surface area contributed by atoms with E-state index in [1.165, 1.54) is 47.9 Å². The standard InChI is InChI=1S/C50H45BN4S/c1-10-20-41-32(13-4)33(14-5)42(21-11-2)54(41)30(6)28-31(12-3)44-34-22-15-17-26-40(34)52-49(53-44)39-29-38-48(51(39)9)55-45-36(24-19-25-37(45)50(38,7)8)47-46(55)35-23-16-18-27-43(35)56-47/h10-29H,4-5H2,1-3,6-9H3/b20-10-,21-11-,30-28+,31-12+. The fraction of sp³-hybridized carbons (Fsp3) is 0.160. The van der Waals surface area contributed by atoms with Crippen molar-refractivity contribution in [1.29, 1.82) is 0 Å². The third kappa shape index (κ3) is 4.98. The highest BCUT2D eigenvalue weighted by Gasteiger charge is 2.44. The molecule has 6 heteroatoms. The second-order valence-corrected chi connectivity index (χ2v) is 16.4. The quantitative estimate of drug-likeness (QED) is 0.115. The van der Waals surface area contributed by atoms with E-state index >= 15 is 0 Å². The van der Waals surface area contributed by atoms with E-state index in [4.69, 9.17) is 9.97 Å². The van der Waals surface area contributed by atoms with E-state index in [9.17, 15) is 0 Å². The molecule has 4 aromatic heterocycles. The minimum absolute atomic E-state index is 0.0664. The van der Waals surface area contributed by atoms with Crippen LogP contribution in [-0.4, -0.2) is 25.8 Å². The normalized spacial score (nSPS) is 15.8. The second kappa shape index (κ2) is 13.4. The Kier molecular flexibility index (Phi) is 8.51. The first-order chi connectivity index (χ1) is 27.2. The van der Waals surface area contributed by atoms with Gasteiger partial charge < -0.3 is 9.13 Å². The lowest BCUT2D eigenvalue weighted by Crippen LogP contribution is -2.28. The van der Waals surface area contributed by atoms with Crippen LogP contribution in [0.5, 0.6) is 0 Å². The molecule has 0 atom stereocenters. The maximum Gasteiger partial charge on any atom is 0.233 e. The Morgan fingerprint density at radius 1 is 0.804 bits per heavy atom. The molecule has 274 valence electrons. The fourth-order valence-electron chi connectivity index (χ4n) is 9.32. The Balaban J connectivity index is 1.23. The van der Waals surface area contributed by atoms with Crippen LogP contribution >= 0.6 is 11.3 Å². The summed E-state index contributed by atoms with van der Waals surface area (Å²) in [6.07, 6.45) is 19.1. The van der Waals surface area contributed by atoms with Crippen molar-refractivity contribution in [2.24, 2.45) is 0 Å². The molecule has 6 heterocycles. The van der Waals surface area contributed by atoms with Crippen molar-refractivity contribution in [3.63, 3.8) is 0 Å². The number of allylic oxidation sites excluding steroid dienone is 8. The van der Waals surface area contributed by atoms with Crippen molar-refractivity contribution in [1.82, 2.24) is 19.1 Å². The Labute approximate surface area is 333 Å². The van der Waals surface area contributed by atoms with Gasteiger partial charge in [0, 0.05) is 43.1 Å². The van der Waals surface area contributed by atoms with Crippen LogP contribution in [0.25, 0.3) is 88.8 Å².